The Balaban J connectivity index is 2.15. The molecule has 0 aliphatic heterocycles. The van der Waals surface area contributed by atoms with Gasteiger partial charge in [-0.05, 0) is 12.0 Å². The van der Waals surface area contributed by atoms with Gasteiger partial charge >= 0.3 is 0 Å². The second kappa shape index (κ2) is 5.78. The highest BCUT2D eigenvalue weighted by molar-refractivity contribution is 5.17. The second-order valence-corrected chi connectivity index (χ2v) is 4.74. The zero-order valence-corrected chi connectivity index (χ0v) is 11.1. The van der Waals surface area contributed by atoms with Gasteiger partial charge in [-0.15, -0.1) is 0 Å². The standard InChI is InChI=1S/C14H19N3O/c1-10(2)15-13(14-16-11(3)18-17-14)9-12-7-5-4-6-8-12/h4-8,10,13,15H,9H2,1-3H3/t13-/m0/s1. The first kappa shape index (κ1) is 12.8. The van der Waals surface area contributed by atoms with Gasteiger partial charge in [0.05, 0.1) is 6.04 Å². The molecule has 1 N–H and O–H groups in total. The molecular formula is C14H19N3O. The summed E-state index contributed by atoms with van der Waals surface area (Å²) in [6, 6.07) is 10.8. The van der Waals surface area contributed by atoms with Gasteiger partial charge < -0.3 is 9.84 Å². The van der Waals surface area contributed by atoms with E-state index in [1.165, 1.54) is 5.56 Å². The molecule has 2 aromatic rings. The molecule has 0 aliphatic carbocycles. The van der Waals surface area contributed by atoms with E-state index in [2.05, 4.69) is 41.4 Å². The quantitative estimate of drug-likeness (QED) is 0.879. The number of aryl methyl sites for hydroxylation is 1. The Morgan fingerprint density at radius 2 is 1.94 bits per heavy atom. The molecule has 1 aromatic carbocycles. The van der Waals surface area contributed by atoms with Crippen LogP contribution in [-0.4, -0.2) is 16.2 Å². The van der Waals surface area contributed by atoms with E-state index in [1.54, 1.807) is 0 Å². The third-order valence-electron chi connectivity index (χ3n) is 2.67. The summed E-state index contributed by atoms with van der Waals surface area (Å²) < 4.78 is 5.06. The Kier molecular flexibility index (Phi) is 4.10. The average molecular weight is 245 g/mol. The molecule has 1 atom stereocenters. The summed E-state index contributed by atoms with van der Waals surface area (Å²) in [6.45, 7) is 6.04. The Morgan fingerprint density at radius 3 is 2.50 bits per heavy atom. The highest BCUT2D eigenvalue weighted by atomic mass is 16.5. The van der Waals surface area contributed by atoms with Gasteiger partial charge in [0.2, 0.25) is 5.89 Å². The Morgan fingerprint density at radius 1 is 1.22 bits per heavy atom. The Hall–Kier alpha value is -1.68. The van der Waals surface area contributed by atoms with Crippen molar-refractivity contribution in [2.75, 3.05) is 0 Å². The van der Waals surface area contributed by atoms with Crippen molar-refractivity contribution in [1.29, 1.82) is 0 Å². The van der Waals surface area contributed by atoms with Crippen molar-refractivity contribution in [2.24, 2.45) is 0 Å². The molecule has 0 unspecified atom stereocenters. The maximum absolute atomic E-state index is 5.06. The number of benzene rings is 1. The molecular weight excluding hydrogens is 226 g/mol. The number of nitrogens with zero attached hydrogens (tertiary/aromatic N) is 2. The summed E-state index contributed by atoms with van der Waals surface area (Å²) >= 11 is 0. The van der Waals surface area contributed by atoms with Crippen molar-refractivity contribution in [3.8, 4) is 0 Å². The zero-order chi connectivity index (χ0) is 13.0. The molecule has 0 amide bonds. The summed E-state index contributed by atoms with van der Waals surface area (Å²) in [5, 5.41) is 7.49. The molecule has 0 spiro atoms. The van der Waals surface area contributed by atoms with Crippen LogP contribution in [0, 0.1) is 6.92 Å². The maximum Gasteiger partial charge on any atom is 0.223 e. The van der Waals surface area contributed by atoms with Crippen molar-refractivity contribution in [1.82, 2.24) is 15.5 Å². The van der Waals surface area contributed by atoms with Gasteiger partial charge in [0.15, 0.2) is 5.82 Å². The minimum Gasteiger partial charge on any atom is -0.340 e. The van der Waals surface area contributed by atoms with Gasteiger partial charge in [-0.3, -0.25) is 0 Å². The van der Waals surface area contributed by atoms with Crippen molar-refractivity contribution < 1.29 is 4.52 Å². The Labute approximate surface area is 107 Å². The molecule has 4 heteroatoms. The lowest BCUT2D eigenvalue weighted by Crippen LogP contribution is -2.30. The summed E-state index contributed by atoms with van der Waals surface area (Å²) in [5.41, 5.74) is 1.26. The van der Waals surface area contributed by atoms with E-state index in [0.29, 0.717) is 11.9 Å². The van der Waals surface area contributed by atoms with Crippen LogP contribution in [0.25, 0.3) is 0 Å². The number of hydrogen-bond acceptors (Lipinski definition) is 4. The minimum atomic E-state index is 0.0878. The van der Waals surface area contributed by atoms with Crippen LogP contribution in [0.4, 0.5) is 0 Å². The third kappa shape index (κ3) is 3.40. The molecule has 1 heterocycles. The van der Waals surface area contributed by atoms with Gasteiger partial charge in [0, 0.05) is 13.0 Å². The molecule has 0 saturated heterocycles. The van der Waals surface area contributed by atoms with Gasteiger partial charge in [-0.2, -0.15) is 4.98 Å². The molecule has 1 aromatic heterocycles. The molecule has 2 rings (SSSR count). The van der Waals surface area contributed by atoms with Crippen LogP contribution < -0.4 is 5.32 Å². The number of aromatic nitrogens is 2. The fourth-order valence-corrected chi connectivity index (χ4v) is 1.93. The number of rotatable bonds is 5. The third-order valence-corrected chi connectivity index (χ3v) is 2.67. The highest BCUT2D eigenvalue weighted by Gasteiger charge is 2.18. The number of hydrogen-bond donors (Lipinski definition) is 1. The molecule has 96 valence electrons. The predicted octanol–water partition coefficient (Wildman–Crippen LogP) is 2.66. The lowest BCUT2D eigenvalue weighted by molar-refractivity contribution is 0.371. The van der Waals surface area contributed by atoms with E-state index in [1.807, 2.05) is 25.1 Å². The van der Waals surface area contributed by atoms with Crippen molar-refractivity contribution in [3.63, 3.8) is 0 Å². The van der Waals surface area contributed by atoms with Gasteiger partial charge in [-0.25, -0.2) is 0 Å². The molecule has 0 saturated carbocycles. The van der Waals surface area contributed by atoms with Crippen molar-refractivity contribution in [3.05, 3.63) is 47.6 Å². The molecule has 4 nitrogen and oxygen atoms in total. The van der Waals surface area contributed by atoms with Crippen LogP contribution in [0.1, 0.15) is 37.2 Å². The first-order chi connectivity index (χ1) is 8.65. The summed E-state index contributed by atoms with van der Waals surface area (Å²) in [5.74, 6) is 1.33. The molecule has 0 fully saturated rings. The zero-order valence-electron chi connectivity index (χ0n) is 11.1. The van der Waals surface area contributed by atoms with Crippen molar-refractivity contribution in [2.45, 2.75) is 39.3 Å². The second-order valence-electron chi connectivity index (χ2n) is 4.74. The van der Waals surface area contributed by atoms with Crippen LogP contribution in [0.15, 0.2) is 34.9 Å². The SMILES string of the molecule is Cc1nc([C@H](Cc2ccccc2)NC(C)C)no1. The largest absolute Gasteiger partial charge is 0.340 e. The average Bonchev–Trinajstić information content (AvgIpc) is 2.76. The molecule has 0 radical (unpaired) electrons. The van der Waals surface area contributed by atoms with E-state index in [0.717, 1.165) is 12.2 Å². The first-order valence-electron chi connectivity index (χ1n) is 6.25. The van der Waals surface area contributed by atoms with E-state index in [4.69, 9.17) is 4.52 Å². The van der Waals surface area contributed by atoms with Crippen LogP contribution in [0.3, 0.4) is 0 Å². The van der Waals surface area contributed by atoms with E-state index in [-0.39, 0.29) is 6.04 Å². The van der Waals surface area contributed by atoms with Gasteiger partial charge in [0.25, 0.3) is 0 Å². The van der Waals surface area contributed by atoms with Gasteiger partial charge in [-0.1, -0.05) is 49.3 Å². The Bertz CT molecular complexity index is 479. The minimum absolute atomic E-state index is 0.0878. The van der Waals surface area contributed by atoms with E-state index < -0.39 is 0 Å². The fourth-order valence-electron chi connectivity index (χ4n) is 1.93. The van der Waals surface area contributed by atoms with Crippen LogP contribution >= 0.6 is 0 Å². The number of nitrogens with one attached hydrogen (secondary N) is 1. The van der Waals surface area contributed by atoms with Crippen LogP contribution in [0.5, 0.6) is 0 Å². The van der Waals surface area contributed by atoms with Crippen molar-refractivity contribution >= 4 is 0 Å². The summed E-state index contributed by atoms with van der Waals surface area (Å²) in [4.78, 5) is 4.32. The van der Waals surface area contributed by atoms with E-state index in [9.17, 15) is 0 Å². The molecule has 18 heavy (non-hydrogen) atoms. The van der Waals surface area contributed by atoms with Crippen LogP contribution in [-0.2, 0) is 6.42 Å². The topological polar surface area (TPSA) is 51.0 Å². The molecule has 0 bridgehead atoms. The lowest BCUT2D eigenvalue weighted by Gasteiger charge is -2.18. The normalized spacial score (nSPS) is 12.9. The summed E-state index contributed by atoms with van der Waals surface area (Å²) in [6.07, 6.45) is 0.859. The van der Waals surface area contributed by atoms with Gasteiger partial charge in [0.1, 0.15) is 0 Å². The first-order valence-corrected chi connectivity index (χ1v) is 6.25. The summed E-state index contributed by atoms with van der Waals surface area (Å²) in [7, 11) is 0. The molecule has 0 aliphatic rings. The highest BCUT2D eigenvalue weighted by Crippen LogP contribution is 2.16. The maximum atomic E-state index is 5.06. The smallest absolute Gasteiger partial charge is 0.223 e. The predicted molar refractivity (Wildman–Crippen MR) is 70.2 cm³/mol. The van der Waals surface area contributed by atoms with Crippen LogP contribution in [0.2, 0.25) is 0 Å². The monoisotopic (exact) mass is 245 g/mol. The lowest BCUT2D eigenvalue weighted by atomic mass is 10.0. The fraction of sp³-hybridized carbons (Fsp3) is 0.429. The van der Waals surface area contributed by atoms with E-state index >= 15 is 0 Å².